The average molecular weight is 559 g/mol. The molecule has 2 aromatic carbocycles. The van der Waals surface area contributed by atoms with Gasteiger partial charge in [0.25, 0.3) is 0 Å². The van der Waals surface area contributed by atoms with Crippen molar-refractivity contribution in [1.82, 2.24) is 10.2 Å². The van der Waals surface area contributed by atoms with E-state index in [0.717, 1.165) is 68.2 Å². The molecule has 3 aliphatic rings. The maximum absolute atomic E-state index is 13.1. The first-order valence-corrected chi connectivity index (χ1v) is 14.8. The minimum atomic E-state index is -0.462. The predicted octanol–water partition coefficient (Wildman–Crippen LogP) is 6.74. The molecule has 38 heavy (non-hydrogen) atoms. The molecule has 2 aliphatic carbocycles. The van der Waals surface area contributed by atoms with Crippen LogP contribution >= 0.6 is 23.2 Å². The number of carbonyl (C=O) groups excluding carboxylic acids is 2. The van der Waals surface area contributed by atoms with Gasteiger partial charge in [0.2, 0.25) is 5.91 Å². The minimum Gasteiger partial charge on any atom is -0.410 e. The Morgan fingerprint density at radius 2 is 1.66 bits per heavy atom. The summed E-state index contributed by atoms with van der Waals surface area (Å²) < 4.78 is 5.47. The third-order valence-electron chi connectivity index (χ3n) is 8.39. The van der Waals surface area contributed by atoms with E-state index in [2.05, 4.69) is 10.2 Å². The number of nitrogens with two attached hydrogens (primary N) is 1. The first kappa shape index (κ1) is 27.3. The number of amides is 2. The average Bonchev–Trinajstić information content (AvgIpc) is 3.26. The summed E-state index contributed by atoms with van der Waals surface area (Å²) in [6.45, 7) is 0.835. The van der Waals surface area contributed by atoms with Gasteiger partial charge in [-0.2, -0.15) is 0 Å². The van der Waals surface area contributed by atoms with Crippen LogP contribution in [0.25, 0.3) is 11.1 Å². The van der Waals surface area contributed by atoms with Crippen molar-refractivity contribution in [3.8, 4) is 16.9 Å². The van der Waals surface area contributed by atoms with Crippen molar-refractivity contribution in [1.29, 1.82) is 0 Å². The van der Waals surface area contributed by atoms with Gasteiger partial charge in [0.1, 0.15) is 5.75 Å². The molecule has 1 heterocycles. The van der Waals surface area contributed by atoms with Crippen LogP contribution in [0, 0.1) is 5.92 Å². The predicted molar refractivity (Wildman–Crippen MR) is 152 cm³/mol. The van der Waals surface area contributed by atoms with Crippen LogP contribution in [0.1, 0.15) is 69.8 Å². The Hall–Kier alpha value is -2.28. The summed E-state index contributed by atoms with van der Waals surface area (Å²) in [6, 6.07) is 11.7. The van der Waals surface area contributed by atoms with Crippen LogP contribution in [0.5, 0.6) is 5.75 Å². The molecule has 2 amide bonds. The molecule has 2 aromatic rings. The van der Waals surface area contributed by atoms with Crippen molar-refractivity contribution in [2.24, 2.45) is 11.7 Å². The Morgan fingerprint density at radius 1 is 0.947 bits per heavy atom. The second-order valence-corrected chi connectivity index (χ2v) is 11.9. The van der Waals surface area contributed by atoms with Gasteiger partial charge in [0.15, 0.2) is 0 Å². The topological polar surface area (TPSA) is 84.7 Å². The highest BCUT2D eigenvalue weighted by Crippen LogP contribution is 2.37. The van der Waals surface area contributed by atoms with Gasteiger partial charge in [-0.25, -0.2) is 4.79 Å². The Balaban J connectivity index is 1.20. The van der Waals surface area contributed by atoms with E-state index >= 15 is 0 Å². The Labute approximate surface area is 235 Å². The Bertz CT molecular complexity index is 1130. The lowest BCUT2D eigenvalue weighted by molar-refractivity contribution is -0.133. The lowest BCUT2D eigenvalue weighted by atomic mass is 9.92. The zero-order valence-electron chi connectivity index (χ0n) is 21.8. The van der Waals surface area contributed by atoms with Gasteiger partial charge in [-0.15, -0.1) is 0 Å². The largest absolute Gasteiger partial charge is 0.412 e. The molecule has 3 fully saturated rings. The number of carbonyl (C=O) groups is 2. The Morgan fingerprint density at radius 3 is 2.34 bits per heavy atom. The third kappa shape index (κ3) is 6.47. The highest BCUT2D eigenvalue weighted by atomic mass is 35.5. The summed E-state index contributed by atoms with van der Waals surface area (Å²) in [5, 5.41) is 4.06. The van der Waals surface area contributed by atoms with E-state index < -0.39 is 6.09 Å². The van der Waals surface area contributed by atoms with Crippen molar-refractivity contribution >= 4 is 35.2 Å². The van der Waals surface area contributed by atoms with Gasteiger partial charge in [-0.1, -0.05) is 54.6 Å². The highest BCUT2D eigenvalue weighted by molar-refractivity contribution is 6.36. The van der Waals surface area contributed by atoms with Crippen LogP contribution in [0.3, 0.4) is 0 Å². The molecule has 6 nitrogen and oxygen atoms in total. The van der Waals surface area contributed by atoms with E-state index in [1.807, 2.05) is 24.3 Å². The zero-order valence-corrected chi connectivity index (χ0v) is 23.3. The summed E-state index contributed by atoms with van der Waals surface area (Å²) in [6.07, 6.45) is 10.6. The lowest BCUT2D eigenvalue weighted by Gasteiger charge is -2.31. The van der Waals surface area contributed by atoms with Gasteiger partial charge >= 0.3 is 6.09 Å². The normalized spacial score (nSPS) is 24.4. The van der Waals surface area contributed by atoms with Gasteiger partial charge < -0.3 is 20.7 Å². The molecule has 2 saturated carbocycles. The van der Waals surface area contributed by atoms with Crippen LogP contribution in [0.15, 0.2) is 36.4 Å². The summed E-state index contributed by atoms with van der Waals surface area (Å²) >= 11 is 13.4. The maximum atomic E-state index is 13.1. The molecular weight excluding hydrogens is 521 g/mol. The molecule has 0 bridgehead atoms. The van der Waals surface area contributed by atoms with Crippen molar-refractivity contribution in [2.45, 2.75) is 88.8 Å². The number of hydrogen-bond donors (Lipinski definition) is 2. The number of nitrogens with zero attached hydrogens (tertiary/aromatic N) is 1. The van der Waals surface area contributed by atoms with Gasteiger partial charge in [0.05, 0.1) is 0 Å². The second kappa shape index (κ2) is 12.3. The van der Waals surface area contributed by atoms with Crippen molar-refractivity contribution in [3.63, 3.8) is 0 Å². The van der Waals surface area contributed by atoms with E-state index in [4.69, 9.17) is 33.7 Å². The number of nitrogens with one attached hydrogen (secondary N) is 1. The smallest absolute Gasteiger partial charge is 0.410 e. The number of hydrogen-bond acceptors (Lipinski definition) is 4. The maximum Gasteiger partial charge on any atom is 0.412 e. The van der Waals surface area contributed by atoms with E-state index in [1.165, 1.54) is 19.3 Å². The zero-order chi connectivity index (χ0) is 26.6. The first-order valence-electron chi connectivity index (χ1n) is 14.0. The van der Waals surface area contributed by atoms with E-state index in [-0.39, 0.29) is 23.9 Å². The lowest BCUT2D eigenvalue weighted by Crippen LogP contribution is -2.43. The molecule has 3 atom stereocenters. The van der Waals surface area contributed by atoms with Gasteiger partial charge in [0, 0.05) is 40.6 Å². The van der Waals surface area contributed by atoms with Crippen molar-refractivity contribution < 1.29 is 14.3 Å². The fraction of sp³-hybridized carbons (Fsp3) is 0.533. The molecule has 3 unspecified atom stereocenters. The standard InChI is InChI=1S/C30H37Cl2N3O3/c31-27-16-21(19-9-11-25(12-10-19)38-30(37)34-23-6-4-5-22(33)18-23)17-28(32)26(27)15-20-13-14-35(29(20)36)24-7-2-1-3-8-24/h9-12,16-17,20,22-24H,1-8,13-15,18,33H2,(H,34,37). The summed E-state index contributed by atoms with van der Waals surface area (Å²) in [4.78, 5) is 27.6. The third-order valence-corrected chi connectivity index (χ3v) is 9.07. The summed E-state index contributed by atoms with van der Waals surface area (Å²) in [5.74, 6) is 0.645. The molecule has 0 spiro atoms. The molecule has 204 valence electrons. The monoisotopic (exact) mass is 557 g/mol. The van der Waals surface area contributed by atoms with Crippen LogP contribution in [0.2, 0.25) is 10.0 Å². The van der Waals surface area contributed by atoms with E-state index in [9.17, 15) is 9.59 Å². The second-order valence-electron chi connectivity index (χ2n) is 11.1. The number of rotatable bonds is 6. The van der Waals surface area contributed by atoms with Crippen molar-refractivity contribution in [3.05, 3.63) is 52.0 Å². The van der Waals surface area contributed by atoms with Gasteiger partial charge in [-0.05, 0) is 92.3 Å². The molecule has 8 heteroatoms. The summed E-state index contributed by atoms with van der Waals surface area (Å²) in [5.41, 5.74) is 8.62. The van der Waals surface area contributed by atoms with Crippen LogP contribution in [-0.4, -0.2) is 41.6 Å². The SMILES string of the molecule is NC1CCCC(NC(=O)Oc2ccc(-c3cc(Cl)c(CC4CCN(C5CCCCC5)C4=O)c(Cl)c3)cc2)C1. The molecular formula is C30H37Cl2N3O3. The minimum absolute atomic E-state index is 0.0585. The van der Waals surface area contributed by atoms with Crippen LogP contribution in [0.4, 0.5) is 4.79 Å². The van der Waals surface area contributed by atoms with Gasteiger partial charge in [-0.3, -0.25) is 4.79 Å². The van der Waals surface area contributed by atoms with E-state index in [1.54, 1.807) is 12.1 Å². The first-order chi connectivity index (χ1) is 18.4. The van der Waals surface area contributed by atoms with Crippen LogP contribution in [-0.2, 0) is 11.2 Å². The molecule has 0 aromatic heterocycles. The van der Waals surface area contributed by atoms with Crippen molar-refractivity contribution in [2.75, 3.05) is 6.54 Å². The molecule has 1 aliphatic heterocycles. The fourth-order valence-corrected chi connectivity index (χ4v) is 6.94. The number of ether oxygens (including phenoxy) is 1. The molecule has 5 rings (SSSR count). The molecule has 1 saturated heterocycles. The highest BCUT2D eigenvalue weighted by Gasteiger charge is 2.36. The fourth-order valence-electron chi connectivity index (χ4n) is 6.30. The molecule has 3 N–H and O–H groups in total. The molecule has 0 radical (unpaired) electrons. The number of halogens is 2. The number of benzene rings is 2. The number of likely N-dealkylation sites (tertiary alicyclic amines) is 1. The Kier molecular flexibility index (Phi) is 8.81. The van der Waals surface area contributed by atoms with Crippen LogP contribution < -0.4 is 15.8 Å². The van der Waals surface area contributed by atoms with E-state index in [0.29, 0.717) is 28.3 Å². The summed E-state index contributed by atoms with van der Waals surface area (Å²) in [7, 11) is 0. The quantitative estimate of drug-likeness (QED) is 0.411.